The van der Waals surface area contributed by atoms with Crippen LogP contribution in [-0.4, -0.2) is 56.7 Å². The Labute approximate surface area is 134 Å². The summed E-state index contributed by atoms with van der Waals surface area (Å²) in [6, 6.07) is 5.79. The first-order valence-electron chi connectivity index (χ1n) is 6.91. The molecule has 5 nitrogen and oxygen atoms in total. The average molecular weight is 336 g/mol. The van der Waals surface area contributed by atoms with Gasteiger partial charge in [-0.1, -0.05) is 6.07 Å². The first-order chi connectivity index (χ1) is 10.1. The second-order valence-corrected chi connectivity index (χ2v) is 4.75. The maximum atomic E-state index is 12.1. The van der Waals surface area contributed by atoms with Crippen LogP contribution in [0, 0.1) is 0 Å². The minimum absolute atomic E-state index is 0. The van der Waals surface area contributed by atoms with E-state index < -0.39 is 6.61 Å². The van der Waals surface area contributed by atoms with Crippen LogP contribution >= 0.6 is 12.4 Å². The number of halogens is 3. The lowest BCUT2D eigenvalue weighted by Crippen LogP contribution is -2.46. The molecule has 1 aliphatic rings. The van der Waals surface area contributed by atoms with Gasteiger partial charge in [0.25, 0.3) is 5.91 Å². The zero-order valence-electron chi connectivity index (χ0n) is 12.1. The maximum Gasteiger partial charge on any atom is 0.387 e. The number of hydrogen-bond donors (Lipinski definition) is 2. The molecule has 0 unspecified atom stereocenters. The predicted octanol–water partition coefficient (Wildman–Crippen LogP) is 1.34. The summed E-state index contributed by atoms with van der Waals surface area (Å²) >= 11 is 0. The van der Waals surface area contributed by atoms with E-state index in [1.807, 2.05) is 0 Å². The Kier molecular flexibility index (Phi) is 8.08. The summed E-state index contributed by atoms with van der Waals surface area (Å²) < 4.78 is 28.5. The molecule has 0 saturated carbocycles. The Balaban J connectivity index is 0.00000242. The molecule has 1 aliphatic heterocycles. The van der Waals surface area contributed by atoms with E-state index in [1.54, 1.807) is 6.07 Å². The number of nitrogens with one attached hydrogen (secondary N) is 2. The fraction of sp³-hybridized carbons (Fsp3) is 0.500. The number of rotatable bonds is 6. The van der Waals surface area contributed by atoms with Crippen molar-refractivity contribution in [2.45, 2.75) is 6.61 Å². The van der Waals surface area contributed by atoms with Crippen LogP contribution in [0.2, 0.25) is 0 Å². The SMILES string of the molecule is Cl.O=C(NCCN1CCNCC1)c1cccc(OC(F)F)c1. The molecular formula is C14H20ClF2N3O2. The van der Waals surface area contributed by atoms with E-state index in [-0.39, 0.29) is 24.1 Å². The smallest absolute Gasteiger partial charge is 0.387 e. The van der Waals surface area contributed by atoms with Gasteiger partial charge in [-0.3, -0.25) is 9.69 Å². The van der Waals surface area contributed by atoms with E-state index in [1.165, 1.54) is 18.2 Å². The van der Waals surface area contributed by atoms with Crippen molar-refractivity contribution in [3.05, 3.63) is 29.8 Å². The Bertz CT molecular complexity index is 471. The van der Waals surface area contributed by atoms with Crippen molar-refractivity contribution in [3.8, 4) is 5.75 Å². The zero-order chi connectivity index (χ0) is 15.1. The minimum atomic E-state index is -2.89. The largest absolute Gasteiger partial charge is 0.435 e. The van der Waals surface area contributed by atoms with E-state index in [2.05, 4.69) is 20.3 Å². The Morgan fingerprint density at radius 1 is 1.36 bits per heavy atom. The number of nitrogens with zero attached hydrogens (tertiary/aromatic N) is 1. The molecule has 1 amide bonds. The fourth-order valence-electron chi connectivity index (χ4n) is 2.18. The molecule has 8 heteroatoms. The third-order valence-electron chi connectivity index (χ3n) is 3.24. The average Bonchev–Trinajstić information content (AvgIpc) is 2.48. The third kappa shape index (κ3) is 6.13. The maximum absolute atomic E-state index is 12.1. The van der Waals surface area contributed by atoms with Crippen molar-refractivity contribution in [3.63, 3.8) is 0 Å². The lowest BCUT2D eigenvalue weighted by molar-refractivity contribution is -0.0498. The van der Waals surface area contributed by atoms with E-state index in [0.717, 1.165) is 32.7 Å². The summed E-state index contributed by atoms with van der Waals surface area (Å²) in [5.74, 6) is -0.301. The molecule has 1 fully saturated rings. The molecule has 0 radical (unpaired) electrons. The van der Waals surface area contributed by atoms with Gasteiger partial charge in [-0.2, -0.15) is 8.78 Å². The van der Waals surface area contributed by atoms with E-state index in [9.17, 15) is 13.6 Å². The van der Waals surface area contributed by atoms with Gasteiger partial charge in [0.2, 0.25) is 0 Å². The molecule has 0 bridgehead atoms. The highest BCUT2D eigenvalue weighted by atomic mass is 35.5. The molecule has 0 atom stereocenters. The molecule has 22 heavy (non-hydrogen) atoms. The molecule has 1 aromatic rings. The molecule has 1 saturated heterocycles. The second kappa shape index (κ2) is 9.55. The van der Waals surface area contributed by atoms with Crippen LogP contribution in [0.3, 0.4) is 0 Å². The van der Waals surface area contributed by atoms with Crippen molar-refractivity contribution in [1.82, 2.24) is 15.5 Å². The predicted molar refractivity (Wildman–Crippen MR) is 82.0 cm³/mol. The van der Waals surface area contributed by atoms with Gasteiger partial charge in [-0.25, -0.2) is 0 Å². The van der Waals surface area contributed by atoms with Crippen molar-refractivity contribution in [1.29, 1.82) is 0 Å². The van der Waals surface area contributed by atoms with Gasteiger partial charge < -0.3 is 15.4 Å². The monoisotopic (exact) mass is 335 g/mol. The van der Waals surface area contributed by atoms with Crippen molar-refractivity contribution in [2.24, 2.45) is 0 Å². The highest BCUT2D eigenvalue weighted by Gasteiger charge is 2.11. The minimum Gasteiger partial charge on any atom is -0.435 e. The van der Waals surface area contributed by atoms with Gasteiger partial charge in [-0.05, 0) is 18.2 Å². The lowest BCUT2D eigenvalue weighted by atomic mass is 10.2. The van der Waals surface area contributed by atoms with Gasteiger partial charge in [0.05, 0.1) is 0 Å². The summed E-state index contributed by atoms with van der Waals surface area (Å²) in [6.45, 7) is 2.26. The Hall–Kier alpha value is -1.44. The van der Waals surface area contributed by atoms with E-state index in [4.69, 9.17) is 0 Å². The number of benzene rings is 1. The molecule has 2 rings (SSSR count). The normalized spacial score (nSPS) is 15.2. The van der Waals surface area contributed by atoms with Crippen LogP contribution in [-0.2, 0) is 0 Å². The van der Waals surface area contributed by atoms with Crippen molar-refractivity contribution in [2.75, 3.05) is 39.3 Å². The van der Waals surface area contributed by atoms with Gasteiger partial charge in [0, 0.05) is 44.8 Å². The van der Waals surface area contributed by atoms with Gasteiger partial charge >= 0.3 is 6.61 Å². The van der Waals surface area contributed by atoms with Gasteiger partial charge in [0.1, 0.15) is 5.75 Å². The highest BCUT2D eigenvalue weighted by molar-refractivity contribution is 5.94. The summed E-state index contributed by atoms with van der Waals surface area (Å²) in [7, 11) is 0. The third-order valence-corrected chi connectivity index (χ3v) is 3.24. The fourth-order valence-corrected chi connectivity index (χ4v) is 2.18. The summed E-state index contributed by atoms with van der Waals surface area (Å²) in [5.41, 5.74) is 0.313. The molecule has 0 spiro atoms. The molecule has 0 aliphatic carbocycles. The van der Waals surface area contributed by atoms with Crippen LogP contribution in [0.4, 0.5) is 8.78 Å². The second-order valence-electron chi connectivity index (χ2n) is 4.75. The van der Waals surface area contributed by atoms with E-state index >= 15 is 0 Å². The lowest BCUT2D eigenvalue weighted by Gasteiger charge is -2.27. The van der Waals surface area contributed by atoms with Crippen LogP contribution in [0.5, 0.6) is 5.75 Å². The topological polar surface area (TPSA) is 53.6 Å². The van der Waals surface area contributed by atoms with Crippen molar-refractivity contribution < 1.29 is 18.3 Å². The van der Waals surface area contributed by atoms with Crippen molar-refractivity contribution >= 4 is 18.3 Å². The summed E-state index contributed by atoms with van der Waals surface area (Å²) in [6.07, 6.45) is 0. The Morgan fingerprint density at radius 3 is 2.77 bits per heavy atom. The number of ether oxygens (including phenoxy) is 1. The zero-order valence-corrected chi connectivity index (χ0v) is 12.9. The quantitative estimate of drug-likeness (QED) is 0.824. The van der Waals surface area contributed by atoms with Gasteiger partial charge in [-0.15, -0.1) is 12.4 Å². The standard InChI is InChI=1S/C14H19F2N3O2.ClH/c15-14(16)21-12-3-1-2-11(10-12)13(20)18-6-9-19-7-4-17-5-8-19;/h1-3,10,14,17H,4-9H2,(H,18,20);1H. The van der Waals surface area contributed by atoms with Crippen LogP contribution in [0.1, 0.15) is 10.4 Å². The number of piperazine rings is 1. The molecule has 124 valence electrons. The first-order valence-corrected chi connectivity index (χ1v) is 6.91. The number of hydrogen-bond acceptors (Lipinski definition) is 4. The number of carbonyl (C=O) groups excluding carboxylic acids is 1. The molecule has 1 heterocycles. The van der Waals surface area contributed by atoms with Crippen LogP contribution < -0.4 is 15.4 Å². The highest BCUT2D eigenvalue weighted by Crippen LogP contribution is 2.15. The molecule has 1 aromatic carbocycles. The number of amides is 1. The van der Waals surface area contributed by atoms with E-state index in [0.29, 0.717) is 12.1 Å². The summed E-state index contributed by atoms with van der Waals surface area (Å²) in [5, 5.41) is 6.04. The molecule has 0 aromatic heterocycles. The Morgan fingerprint density at radius 2 is 2.09 bits per heavy atom. The van der Waals surface area contributed by atoms with Gasteiger partial charge in [0.15, 0.2) is 0 Å². The first kappa shape index (κ1) is 18.6. The number of alkyl halides is 2. The molecular weight excluding hydrogens is 316 g/mol. The van der Waals surface area contributed by atoms with Crippen LogP contribution in [0.25, 0.3) is 0 Å². The summed E-state index contributed by atoms with van der Waals surface area (Å²) in [4.78, 5) is 14.2. The van der Waals surface area contributed by atoms with Crippen LogP contribution in [0.15, 0.2) is 24.3 Å². The molecule has 2 N–H and O–H groups in total. The number of carbonyl (C=O) groups is 1.